The highest BCUT2D eigenvalue weighted by atomic mass is 15.2. The molecule has 2 rings (SSSR count). The lowest BCUT2D eigenvalue weighted by Gasteiger charge is -2.29. The fraction of sp³-hybridized carbons (Fsp3) is 0.600. The van der Waals surface area contributed by atoms with E-state index < -0.39 is 0 Å². The largest absolute Gasteiger partial charge is 0.369 e. The van der Waals surface area contributed by atoms with Crippen LogP contribution in [0.4, 0.5) is 5.69 Å². The zero-order valence-electron chi connectivity index (χ0n) is 11.7. The minimum atomic E-state index is 1.05. The lowest BCUT2D eigenvalue weighted by molar-refractivity contribution is 0.327. The molecule has 3 nitrogen and oxygen atoms in total. The summed E-state index contributed by atoms with van der Waals surface area (Å²) >= 11 is 0. The van der Waals surface area contributed by atoms with Crippen LogP contribution in [-0.2, 0) is 6.54 Å². The molecule has 0 aromatic heterocycles. The Morgan fingerprint density at radius 1 is 1.17 bits per heavy atom. The summed E-state index contributed by atoms with van der Waals surface area (Å²) in [7, 11) is 2.19. The number of rotatable bonds is 5. The molecule has 0 unspecified atom stereocenters. The average molecular weight is 247 g/mol. The van der Waals surface area contributed by atoms with Crippen molar-refractivity contribution in [3.63, 3.8) is 0 Å². The molecule has 1 aliphatic rings. The maximum atomic E-state index is 3.39. The van der Waals surface area contributed by atoms with Crippen LogP contribution < -0.4 is 10.2 Å². The van der Waals surface area contributed by atoms with Gasteiger partial charge in [-0.2, -0.15) is 0 Å². The minimum absolute atomic E-state index is 1.05. The van der Waals surface area contributed by atoms with Crippen LogP contribution in [-0.4, -0.2) is 44.7 Å². The maximum Gasteiger partial charge on any atom is 0.0367 e. The second-order valence-electron chi connectivity index (χ2n) is 5.14. The molecule has 1 fully saturated rings. The molecule has 1 heterocycles. The molecule has 0 bridgehead atoms. The summed E-state index contributed by atoms with van der Waals surface area (Å²) in [6.45, 7) is 8.88. The van der Waals surface area contributed by atoms with Gasteiger partial charge in [-0.25, -0.2) is 0 Å². The molecule has 1 saturated heterocycles. The van der Waals surface area contributed by atoms with Gasteiger partial charge < -0.3 is 15.1 Å². The predicted octanol–water partition coefficient (Wildman–Crippen LogP) is 1.94. The first-order valence-electron chi connectivity index (χ1n) is 7.02. The monoisotopic (exact) mass is 247 g/mol. The van der Waals surface area contributed by atoms with E-state index in [0.717, 1.165) is 32.7 Å². The van der Waals surface area contributed by atoms with Gasteiger partial charge in [-0.3, -0.25) is 0 Å². The van der Waals surface area contributed by atoms with Crippen LogP contribution in [0.3, 0.4) is 0 Å². The third-order valence-corrected chi connectivity index (χ3v) is 3.48. The number of hydrogen-bond donors (Lipinski definition) is 1. The van der Waals surface area contributed by atoms with Crippen molar-refractivity contribution in [3.8, 4) is 0 Å². The molecular weight excluding hydrogens is 222 g/mol. The van der Waals surface area contributed by atoms with Crippen LogP contribution >= 0.6 is 0 Å². The summed E-state index contributed by atoms with van der Waals surface area (Å²) in [5, 5.41) is 3.39. The Bertz CT molecular complexity index is 341. The van der Waals surface area contributed by atoms with Gasteiger partial charge in [0.25, 0.3) is 0 Å². The van der Waals surface area contributed by atoms with Gasteiger partial charge >= 0.3 is 0 Å². The van der Waals surface area contributed by atoms with Gasteiger partial charge in [-0.05, 0) is 37.7 Å². The van der Waals surface area contributed by atoms with Crippen LogP contribution in [0.25, 0.3) is 0 Å². The van der Waals surface area contributed by atoms with Crippen molar-refractivity contribution in [2.45, 2.75) is 19.9 Å². The lowest BCUT2D eigenvalue weighted by Crippen LogP contribution is -2.43. The molecule has 1 aromatic rings. The Balaban J connectivity index is 1.92. The Hall–Kier alpha value is -1.06. The van der Waals surface area contributed by atoms with Crippen molar-refractivity contribution in [1.29, 1.82) is 0 Å². The fourth-order valence-electron chi connectivity index (χ4n) is 2.51. The smallest absolute Gasteiger partial charge is 0.0367 e. The van der Waals surface area contributed by atoms with Crippen LogP contribution in [0.1, 0.15) is 18.9 Å². The zero-order chi connectivity index (χ0) is 12.8. The Morgan fingerprint density at radius 2 is 1.83 bits per heavy atom. The molecule has 0 amide bonds. The van der Waals surface area contributed by atoms with E-state index in [1.165, 1.54) is 24.2 Å². The summed E-state index contributed by atoms with van der Waals surface area (Å²) in [4.78, 5) is 4.83. The number of piperazine rings is 1. The van der Waals surface area contributed by atoms with Crippen LogP contribution in [0.15, 0.2) is 24.3 Å². The number of hydrogen-bond acceptors (Lipinski definition) is 3. The third kappa shape index (κ3) is 3.72. The minimum Gasteiger partial charge on any atom is -0.369 e. The van der Waals surface area contributed by atoms with Gasteiger partial charge in [0.2, 0.25) is 0 Å². The molecule has 0 radical (unpaired) electrons. The van der Waals surface area contributed by atoms with E-state index in [1.54, 1.807) is 0 Å². The van der Waals surface area contributed by atoms with E-state index in [2.05, 4.69) is 53.4 Å². The summed E-state index contributed by atoms with van der Waals surface area (Å²) in [5.74, 6) is 0. The van der Waals surface area contributed by atoms with Crippen molar-refractivity contribution < 1.29 is 0 Å². The van der Waals surface area contributed by atoms with E-state index in [9.17, 15) is 0 Å². The van der Waals surface area contributed by atoms with Crippen molar-refractivity contribution in [2.75, 3.05) is 44.7 Å². The number of benzene rings is 1. The molecule has 0 saturated carbocycles. The first-order valence-corrected chi connectivity index (χ1v) is 7.02. The van der Waals surface area contributed by atoms with Crippen LogP contribution in [0.2, 0.25) is 0 Å². The van der Waals surface area contributed by atoms with E-state index in [0.29, 0.717) is 0 Å². The van der Waals surface area contributed by atoms with Gasteiger partial charge in [0, 0.05) is 38.4 Å². The van der Waals surface area contributed by atoms with Crippen molar-refractivity contribution in [3.05, 3.63) is 29.8 Å². The third-order valence-electron chi connectivity index (χ3n) is 3.48. The summed E-state index contributed by atoms with van der Waals surface area (Å²) in [6, 6.07) is 9.06. The normalized spacial score (nSPS) is 16.3. The number of nitrogens with one attached hydrogen (secondary N) is 1. The van der Waals surface area contributed by atoms with Gasteiger partial charge in [0.05, 0.1) is 0 Å². The van der Waals surface area contributed by atoms with Gasteiger partial charge in [0.15, 0.2) is 0 Å². The van der Waals surface area contributed by atoms with E-state index in [4.69, 9.17) is 0 Å². The fourth-order valence-corrected chi connectivity index (χ4v) is 2.51. The molecule has 100 valence electrons. The van der Waals surface area contributed by atoms with Crippen molar-refractivity contribution in [1.82, 2.24) is 10.2 Å². The van der Waals surface area contributed by atoms with Crippen LogP contribution in [0.5, 0.6) is 0 Å². The number of anilines is 1. The molecule has 0 spiro atoms. The van der Waals surface area contributed by atoms with Gasteiger partial charge in [0.1, 0.15) is 0 Å². The molecule has 0 aliphatic carbocycles. The highest BCUT2D eigenvalue weighted by Crippen LogP contribution is 2.16. The molecule has 1 N–H and O–H groups in total. The Kier molecular flexibility index (Phi) is 5.02. The molecule has 0 atom stereocenters. The van der Waals surface area contributed by atoms with Crippen LogP contribution in [0, 0.1) is 0 Å². The van der Waals surface area contributed by atoms with Gasteiger partial charge in [-0.15, -0.1) is 0 Å². The van der Waals surface area contributed by atoms with E-state index in [-0.39, 0.29) is 0 Å². The lowest BCUT2D eigenvalue weighted by atomic mass is 10.1. The molecule has 18 heavy (non-hydrogen) atoms. The van der Waals surface area contributed by atoms with E-state index in [1.807, 2.05) is 0 Å². The standard InChI is InChI=1S/C15H25N3/c1-3-10-17(2)13-14-4-6-15(7-5-14)18-11-8-16-9-12-18/h4-7,16H,3,8-13H2,1-2H3. The predicted molar refractivity (Wildman–Crippen MR) is 78.1 cm³/mol. The molecular formula is C15H25N3. The van der Waals surface area contributed by atoms with Gasteiger partial charge in [-0.1, -0.05) is 19.1 Å². The first kappa shape index (κ1) is 13.4. The SMILES string of the molecule is CCCN(C)Cc1ccc(N2CCNCC2)cc1. The first-order chi connectivity index (χ1) is 8.79. The maximum absolute atomic E-state index is 3.39. The summed E-state index contributed by atoms with van der Waals surface area (Å²) in [5.41, 5.74) is 2.77. The Labute approximate surface area is 111 Å². The number of nitrogens with zero attached hydrogens (tertiary/aromatic N) is 2. The summed E-state index contributed by atoms with van der Waals surface area (Å²) in [6.07, 6.45) is 1.22. The highest BCUT2D eigenvalue weighted by molar-refractivity contribution is 5.48. The Morgan fingerprint density at radius 3 is 2.44 bits per heavy atom. The second kappa shape index (κ2) is 6.76. The summed E-state index contributed by atoms with van der Waals surface area (Å²) < 4.78 is 0. The zero-order valence-corrected chi connectivity index (χ0v) is 11.7. The topological polar surface area (TPSA) is 18.5 Å². The van der Waals surface area contributed by atoms with Crippen molar-refractivity contribution in [2.24, 2.45) is 0 Å². The molecule has 1 aliphatic heterocycles. The molecule has 3 heteroatoms. The van der Waals surface area contributed by atoms with E-state index >= 15 is 0 Å². The quantitative estimate of drug-likeness (QED) is 0.858. The van der Waals surface area contributed by atoms with Crippen molar-refractivity contribution >= 4 is 5.69 Å². The second-order valence-corrected chi connectivity index (χ2v) is 5.14. The molecule has 1 aromatic carbocycles. The highest BCUT2D eigenvalue weighted by Gasteiger charge is 2.09. The average Bonchev–Trinajstić information content (AvgIpc) is 2.41.